The van der Waals surface area contributed by atoms with Crippen LogP contribution in [0.15, 0.2) is 71.4 Å². The van der Waals surface area contributed by atoms with Gasteiger partial charge in [0, 0.05) is 10.6 Å². The minimum atomic E-state index is -1.19. The van der Waals surface area contributed by atoms with Crippen molar-refractivity contribution in [1.29, 1.82) is 0 Å². The predicted molar refractivity (Wildman–Crippen MR) is 138 cm³/mol. The maximum absolute atomic E-state index is 13.2. The smallest absolute Gasteiger partial charge is 0.237 e. The average Bonchev–Trinajstić information content (AvgIpc) is 3.13. The number of phenols is 2. The van der Waals surface area contributed by atoms with Crippen LogP contribution in [0.1, 0.15) is 23.6 Å². The van der Waals surface area contributed by atoms with Crippen molar-refractivity contribution in [2.45, 2.75) is 13.0 Å². The second-order valence-electron chi connectivity index (χ2n) is 8.06. The minimum absolute atomic E-state index is 0.0106. The van der Waals surface area contributed by atoms with Gasteiger partial charge in [0.15, 0.2) is 11.5 Å². The molecule has 3 aromatic carbocycles. The lowest BCUT2D eigenvalue weighted by atomic mass is 9.97. The molecule has 1 unspecified atom stereocenters. The van der Waals surface area contributed by atoms with Crippen molar-refractivity contribution in [2.24, 2.45) is 5.11 Å². The SMILES string of the molecule is COc1cc(/C=C2/C(C)=C(C(N=[N+]=[N-])C(=O)Nc3ccccc3)c3cc(O)ccc32)cc(OC)c1O. The summed E-state index contributed by atoms with van der Waals surface area (Å²) in [6, 6.07) is 15.8. The van der Waals surface area contributed by atoms with Crippen LogP contribution < -0.4 is 14.8 Å². The van der Waals surface area contributed by atoms with E-state index in [-0.39, 0.29) is 23.0 Å². The van der Waals surface area contributed by atoms with Crippen LogP contribution >= 0.6 is 0 Å². The van der Waals surface area contributed by atoms with E-state index in [9.17, 15) is 20.5 Å². The standard InChI is InChI=1S/C27H24N4O5/c1-15-20(11-16-12-22(35-2)26(33)23(13-16)36-3)19-10-9-18(32)14-21(19)24(15)25(30-31-28)27(34)29-17-7-5-4-6-8-17/h4-14,25,32-33H,1-3H3,(H,29,34)/b20-11-. The molecule has 9 heteroatoms. The molecule has 36 heavy (non-hydrogen) atoms. The van der Waals surface area contributed by atoms with E-state index in [1.807, 2.05) is 19.1 Å². The molecule has 1 aliphatic rings. The van der Waals surface area contributed by atoms with Gasteiger partial charge in [0.05, 0.1) is 14.2 Å². The topological polar surface area (TPSA) is 137 Å². The molecule has 3 N–H and O–H groups in total. The van der Waals surface area contributed by atoms with Gasteiger partial charge in [0.1, 0.15) is 11.8 Å². The predicted octanol–water partition coefficient (Wildman–Crippen LogP) is 5.76. The number of ether oxygens (including phenoxy) is 2. The van der Waals surface area contributed by atoms with Gasteiger partial charge >= 0.3 is 0 Å². The Labute approximate surface area is 207 Å². The summed E-state index contributed by atoms with van der Waals surface area (Å²) in [5, 5.41) is 27.1. The van der Waals surface area contributed by atoms with Crippen LogP contribution in [0, 0.1) is 0 Å². The minimum Gasteiger partial charge on any atom is -0.508 e. The van der Waals surface area contributed by atoms with Gasteiger partial charge in [0.2, 0.25) is 11.7 Å². The van der Waals surface area contributed by atoms with Crippen LogP contribution in [-0.4, -0.2) is 36.4 Å². The zero-order chi connectivity index (χ0) is 25.8. The number of nitrogens with zero attached hydrogens (tertiary/aromatic N) is 3. The zero-order valence-corrected chi connectivity index (χ0v) is 19.9. The molecule has 4 rings (SSSR count). The number of para-hydroxylation sites is 1. The normalized spacial score (nSPS) is 14.1. The van der Waals surface area contributed by atoms with E-state index in [0.29, 0.717) is 28.0 Å². The van der Waals surface area contributed by atoms with E-state index in [0.717, 1.165) is 11.1 Å². The quantitative estimate of drug-likeness (QED) is 0.222. The third-order valence-electron chi connectivity index (χ3n) is 5.93. The first-order valence-corrected chi connectivity index (χ1v) is 11.0. The molecule has 0 saturated carbocycles. The van der Waals surface area contributed by atoms with Crippen molar-refractivity contribution < 1.29 is 24.5 Å². The monoisotopic (exact) mass is 484 g/mol. The van der Waals surface area contributed by atoms with Gasteiger partial charge in [-0.3, -0.25) is 4.79 Å². The first-order chi connectivity index (χ1) is 17.4. The summed E-state index contributed by atoms with van der Waals surface area (Å²) in [7, 11) is 2.89. The third-order valence-corrected chi connectivity index (χ3v) is 5.93. The summed E-state index contributed by atoms with van der Waals surface area (Å²) in [5.74, 6) is -0.136. The molecule has 9 nitrogen and oxygen atoms in total. The van der Waals surface area contributed by atoms with Gasteiger partial charge in [-0.05, 0) is 88.3 Å². The molecule has 1 atom stereocenters. The number of rotatable bonds is 7. The molecule has 0 aliphatic heterocycles. The molecule has 0 bridgehead atoms. The largest absolute Gasteiger partial charge is 0.508 e. The number of anilines is 1. The Morgan fingerprint density at radius 3 is 2.31 bits per heavy atom. The van der Waals surface area contributed by atoms with Gasteiger partial charge in [-0.15, -0.1) is 0 Å². The lowest BCUT2D eigenvalue weighted by Crippen LogP contribution is -2.27. The maximum Gasteiger partial charge on any atom is 0.237 e. The van der Waals surface area contributed by atoms with Gasteiger partial charge < -0.3 is 25.0 Å². The van der Waals surface area contributed by atoms with Gasteiger partial charge in [-0.1, -0.05) is 29.4 Å². The fourth-order valence-corrected chi connectivity index (χ4v) is 4.27. The Hall–Kier alpha value is -4.88. The summed E-state index contributed by atoms with van der Waals surface area (Å²) in [4.78, 5) is 16.2. The fraction of sp³-hybridized carbons (Fsp3) is 0.148. The summed E-state index contributed by atoms with van der Waals surface area (Å²) in [6.07, 6.45) is 1.85. The molecule has 182 valence electrons. The molecule has 0 spiro atoms. The number of amides is 1. The first-order valence-electron chi connectivity index (χ1n) is 11.0. The molecule has 0 aromatic heterocycles. The van der Waals surface area contributed by atoms with Gasteiger partial charge in [-0.25, -0.2) is 0 Å². The van der Waals surface area contributed by atoms with Crippen LogP contribution in [0.4, 0.5) is 5.69 Å². The number of benzene rings is 3. The second kappa shape index (κ2) is 10.2. The summed E-state index contributed by atoms with van der Waals surface area (Å²) >= 11 is 0. The summed E-state index contributed by atoms with van der Waals surface area (Å²) in [6.45, 7) is 1.82. The number of phenolic OH excluding ortho intramolecular Hbond substituents is 2. The maximum atomic E-state index is 13.2. The van der Waals surface area contributed by atoms with E-state index in [2.05, 4.69) is 15.3 Å². The number of fused-ring (bicyclic) bond motifs is 1. The zero-order valence-electron chi connectivity index (χ0n) is 19.9. The van der Waals surface area contributed by atoms with E-state index in [1.165, 1.54) is 14.2 Å². The number of hydrogen-bond donors (Lipinski definition) is 3. The number of azide groups is 1. The van der Waals surface area contributed by atoms with E-state index in [1.54, 1.807) is 54.6 Å². The Kier molecular flexibility index (Phi) is 6.85. The number of aromatic hydroxyl groups is 2. The van der Waals surface area contributed by atoms with Crippen molar-refractivity contribution in [2.75, 3.05) is 19.5 Å². The van der Waals surface area contributed by atoms with E-state index >= 15 is 0 Å². The highest BCUT2D eigenvalue weighted by Crippen LogP contribution is 2.46. The fourth-order valence-electron chi connectivity index (χ4n) is 4.27. The number of carbonyl (C=O) groups is 1. The number of hydrogen-bond acceptors (Lipinski definition) is 6. The molecule has 0 saturated heterocycles. The molecule has 0 heterocycles. The van der Waals surface area contributed by atoms with E-state index in [4.69, 9.17) is 9.47 Å². The van der Waals surface area contributed by atoms with Crippen LogP contribution in [0.25, 0.3) is 27.7 Å². The molecule has 0 radical (unpaired) electrons. The number of carbonyl (C=O) groups excluding carboxylic acids is 1. The van der Waals surface area contributed by atoms with Crippen LogP contribution in [0.2, 0.25) is 0 Å². The van der Waals surface area contributed by atoms with E-state index < -0.39 is 11.9 Å². The van der Waals surface area contributed by atoms with Crippen molar-refractivity contribution in [3.63, 3.8) is 0 Å². The van der Waals surface area contributed by atoms with Crippen molar-refractivity contribution in [3.05, 3.63) is 93.4 Å². The van der Waals surface area contributed by atoms with Gasteiger partial charge in [-0.2, -0.15) is 0 Å². The number of allylic oxidation sites excluding steroid dienone is 2. The highest BCUT2D eigenvalue weighted by molar-refractivity contribution is 6.13. The Balaban J connectivity index is 1.87. The molecule has 1 amide bonds. The Morgan fingerprint density at radius 1 is 1.03 bits per heavy atom. The second-order valence-corrected chi connectivity index (χ2v) is 8.06. The molecule has 0 fully saturated rings. The third kappa shape index (κ3) is 4.55. The lowest BCUT2D eigenvalue weighted by Gasteiger charge is -2.16. The Bertz CT molecular complexity index is 1410. The van der Waals surface area contributed by atoms with Crippen LogP contribution in [0.3, 0.4) is 0 Å². The van der Waals surface area contributed by atoms with Crippen molar-refractivity contribution >= 4 is 28.8 Å². The molecule has 1 aliphatic carbocycles. The summed E-state index contributed by atoms with van der Waals surface area (Å²) in [5.41, 5.74) is 13.8. The van der Waals surface area contributed by atoms with Crippen LogP contribution in [-0.2, 0) is 4.79 Å². The van der Waals surface area contributed by atoms with Crippen molar-refractivity contribution in [3.8, 4) is 23.0 Å². The average molecular weight is 485 g/mol. The Morgan fingerprint density at radius 2 is 1.69 bits per heavy atom. The molecule has 3 aromatic rings. The number of methoxy groups -OCH3 is 2. The summed E-state index contributed by atoms with van der Waals surface area (Å²) < 4.78 is 10.5. The van der Waals surface area contributed by atoms with Gasteiger partial charge in [0.25, 0.3) is 0 Å². The highest BCUT2D eigenvalue weighted by atomic mass is 16.5. The molecular formula is C27H24N4O5. The lowest BCUT2D eigenvalue weighted by molar-refractivity contribution is -0.116. The molecular weight excluding hydrogens is 460 g/mol. The van der Waals surface area contributed by atoms with Crippen LogP contribution in [0.5, 0.6) is 23.0 Å². The number of nitrogens with one attached hydrogen (secondary N) is 1. The highest BCUT2D eigenvalue weighted by Gasteiger charge is 2.33. The van der Waals surface area contributed by atoms with Crippen molar-refractivity contribution in [1.82, 2.24) is 0 Å². The first kappa shape index (κ1) is 24.3.